The van der Waals surface area contributed by atoms with Gasteiger partial charge in [-0.25, -0.2) is 0 Å². The fraction of sp³-hybridized carbons (Fsp3) is 0.562. The molecule has 0 heterocycles. The van der Waals surface area contributed by atoms with Gasteiger partial charge in [0.2, 0.25) is 0 Å². The number of carbonyl (C=O) groups is 1. The van der Waals surface area contributed by atoms with Crippen LogP contribution in [0.5, 0.6) is 5.75 Å². The van der Waals surface area contributed by atoms with Gasteiger partial charge in [-0.05, 0) is 32.9 Å². The number of hydrogen-bond acceptors (Lipinski definition) is 3. The van der Waals surface area contributed by atoms with Gasteiger partial charge in [-0.1, -0.05) is 31.0 Å². The van der Waals surface area contributed by atoms with Gasteiger partial charge in [0.05, 0.1) is 0 Å². The van der Waals surface area contributed by atoms with E-state index in [9.17, 15) is 4.79 Å². The Balaban J connectivity index is 1.88. The van der Waals surface area contributed by atoms with Gasteiger partial charge < -0.3 is 15.4 Å². The zero-order chi connectivity index (χ0) is 14.4. The van der Waals surface area contributed by atoms with E-state index >= 15 is 0 Å². The molecule has 0 aliphatic heterocycles. The molecule has 1 aromatic carbocycles. The largest absolute Gasteiger partial charge is 0.483 e. The number of benzene rings is 1. The number of nitrogens with one attached hydrogen (secondary N) is 2. The first-order valence-corrected chi connectivity index (χ1v) is 7.39. The number of ether oxygens (including phenoxy) is 1. The van der Waals surface area contributed by atoms with E-state index in [-0.39, 0.29) is 18.6 Å². The molecule has 2 rings (SSSR count). The standard InChI is InChI=1S/C16H24N2O2/c1-12(17-2)14-9-5-6-10-15(14)20-11-16(19)18-13-7-3-4-8-13/h5-6,9-10,12-13,17H,3-4,7-8,11H2,1-2H3,(H,18,19). The molecule has 4 heteroatoms. The Hall–Kier alpha value is -1.55. The van der Waals surface area contributed by atoms with Gasteiger partial charge in [0.25, 0.3) is 5.91 Å². The van der Waals surface area contributed by atoms with Gasteiger partial charge in [-0.3, -0.25) is 4.79 Å². The molecule has 1 aliphatic rings. The normalized spacial score (nSPS) is 16.9. The predicted molar refractivity (Wildman–Crippen MR) is 79.8 cm³/mol. The first kappa shape index (κ1) is 14.9. The number of rotatable bonds is 6. The monoisotopic (exact) mass is 276 g/mol. The quantitative estimate of drug-likeness (QED) is 0.839. The van der Waals surface area contributed by atoms with Crippen molar-refractivity contribution in [2.24, 2.45) is 0 Å². The summed E-state index contributed by atoms with van der Waals surface area (Å²) >= 11 is 0. The average molecular weight is 276 g/mol. The lowest BCUT2D eigenvalue weighted by molar-refractivity contribution is -0.123. The fourth-order valence-electron chi connectivity index (χ4n) is 2.61. The summed E-state index contributed by atoms with van der Waals surface area (Å²) in [5.41, 5.74) is 1.07. The zero-order valence-corrected chi connectivity index (χ0v) is 12.3. The van der Waals surface area contributed by atoms with Crippen LogP contribution in [0.15, 0.2) is 24.3 Å². The van der Waals surface area contributed by atoms with E-state index in [4.69, 9.17) is 4.74 Å². The lowest BCUT2D eigenvalue weighted by atomic mass is 10.1. The molecule has 2 N–H and O–H groups in total. The molecule has 0 aromatic heterocycles. The Bertz CT molecular complexity index is 442. The highest BCUT2D eigenvalue weighted by molar-refractivity contribution is 5.77. The molecular formula is C16H24N2O2. The molecule has 1 fully saturated rings. The van der Waals surface area contributed by atoms with Crippen molar-refractivity contribution in [2.75, 3.05) is 13.7 Å². The van der Waals surface area contributed by atoms with E-state index < -0.39 is 0 Å². The SMILES string of the molecule is CNC(C)c1ccccc1OCC(=O)NC1CCCC1. The molecular weight excluding hydrogens is 252 g/mol. The Morgan fingerprint density at radius 2 is 2.05 bits per heavy atom. The van der Waals surface area contributed by atoms with Gasteiger partial charge in [-0.15, -0.1) is 0 Å². The summed E-state index contributed by atoms with van der Waals surface area (Å²) in [5.74, 6) is 0.750. The summed E-state index contributed by atoms with van der Waals surface area (Å²) in [6.45, 7) is 2.16. The third-order valence-corrected chi connectivity index (χ3v) is 3.90. The van der Waals surface area contributed by atoms with Crippen molar-refractivity contribution >= 4 is 5.91 Å². The molecule has 1 unspecified atom stereocenters. The first-order chi connectivity index (χ1) is 9.70. The van der Waals surface area contributed by atoms with Crippen molar-refractivity contribution in [2.45, 2.75) is 44.7 Å². The van der Waals surface area contributed by atoms with Crippen LogP contribution in [0.1, 0.15) is 44.2 Å². The van der Waals surface area contributed by atoms with Crippen molar-refractivity contribution in [3.05, 3.63) is 29.8 Å². The second-order valence-corrected chi connectivity index (χ2v) is 5.39. The molecule has 1 saturated carbocycles. The second-order valence-electron chi connectivity index (χ2n) is 5.39. The lowest BCUT2D eigenvalue weighted by Crippen LogP contribution is -2.36. The van der Waals surface area contributed by atoms with Crippen LogP contribution in [0.25, 0.3) is 0 Å². The minimum atomic E-state index is -0.0242. The highest BCUT2D eigenvalue weighted by Gasteiger charge is 2.17. The third kappa shape index (κ3) is 3.97. The van der Waals surface area contributed by atoms with E-state index in [1.807, 2.05) is 31.3 Å². The van der Waals surface area contributed by atoms with Crippen LogP contribution in [0, 0.1) is 0 Å². The van der Waals surface area contributed by atoms with E-state index in [1.165, 1.54) is 12.8 Å². The van der Waals surface area contributed by atoms with Crippen molar-refractivity contribution < 1.29 is 9.53 Å². The number of amides is 1. The summed E-state index contributed by atoms with van der Waals surface area (Å²) in [5, 5.41) is 6.22. The van der Waals surface area contributed by atoms with Crippen LogP contribution < -0.4 is 15.4 Å². The molecule has 1 aromatic rings. The minimum absolute atomic E-state index is 0.0242. The van der Waals surface area contributed by atoms with E-state index in [1.54, 1.807) is 0 Å². The van der Waals surface area contributed by atoms with Gasteiger partial charge in [0, 0.05) is 17.6 Å². The number of hydrogen-bond donors (Lipinski definition) is 2. The van der Waals surface area contributed by atoms with Crippen molar-refractivity contribution in [1.82, 2.24) is 10.6 Å². The molecule has 1 amide bonds. The smallest absolute Gasteiger partial charge is 0.258 e. The van der Waals surface area contributed by atoms with Crippen molar-refractivity contribution in [3.63, 3.8) is 0 Å². The molecule has 0 radical (unpaired) electrons. The second kappa shape index (κ2) is 7.29. The molecule has 1 aliphatic carbocycles. The highest BCUT2D eigenvalue weighted by Crippen LogP contribution is 2.24. The topological polar surface area (TPSA) is 50.4 Å². The Kier molecular flexibility index (Phi) is 5.41. The predicted octanol–water partition coefficient (Wildman–Crippen LogP) is 2.40. The highest BCUT2D eigenvalue weighted by atomic mass is 16.5. The van der Waals surface area contributed by atoms with Crippen LogP contribution in [0.4, 0.5) is 0 Å². The van der Waals surface area contributed by atoms with Crippen LogP contribution >= 0.6 is 0 Å². The Morgan fingerprint density at radius 3 is 2.75 bits per heavy atom. The summed E-state index contributed by atoms with van der Waals surface area (Å²) in [4.78, 5) is 11.9. The maximum Gasteiger partial charge on any atom is 0.258 e. The fourth-order valence-corrected chi connectivity index (χ4v) is 2.61. The summed E-state index contributed by atoms with van der Waals surface area (Å²) in [6.07, 6.45) is 4.63. The lowest BCUT2D eigenvalue weighted by Gasteiger charge is -2.17. The molecule has 20 heavy (non-hydrogen) atoms. The van der Waals surface area contributed by atoms with Crippen LogP contribution in [-0.4, -0.2) is 25.6 Å². The van der Waals surface area contributed by atoms with E-state index in [0.717, 1.165) is 24.2 Å². The maximum atomic E-state index is 11.9. The third-order valence-electron chi connectivity index (χ3n) is 3.90. The summed E-state index contributed by atoms with van der Waals surface area (Å²) < 4.78 is 5.68. The average Bonchev–Trinajstić information content (AvgIpc) is 2.97. The maximum absolute atomic E-state index is 11.9. The number of para-hydroxylation sites is 1. The van der Waals surface area contributed by atoms with Crippen molar-refractivity contribution in [1.29, 1.82) is 0 Å². The van der Waals surface area contributed by atoms with E-state index in [0.29, 0.717) is 6.04 Å². The molecule has 0 saturated heterocycles. The Labute approximate surface area is 120 Å². The van der Waals surface area contributed by atoms with Gasteiger partial charge in [0.1, 0.15) is 5.75 Å². The Morgan fingerprint density at radius 1 is 1.35 bits per heavy atom. The van der Waals surface area contributed by atoms with E-state index in [2.05, 4.69) is 17.6 Å². The van der Waals surface area contributed by atoms with Crippen LogP contribution in [0.2, 0.25) is 0 Å². The summed E-state index contributed by atoms with van der Waals surface area (Å²) in [7, 11) is 1.91. The summed E-state index contributed by atoms with van der Waals surface area (Å²) in [6, 6.07) is 8.38. The molecule has 110 valence electrons. The first-order valence-electron chi connectivity index (χ1n) is 7.39. The van der Waals surface area contributed by atoms with Gasteiger partial charge in [-0.2, -0.15) is 0 Å². The minimum Gasteiger partial charge on any atom is -0.483 e. The van der Waals surface area contributed by atoms with Crippen molar-refractivity contribution in [3.8, 4) is 5.75 Å². The zero-order valence-electron chi connectivity index (χ0n) is 12.3. The van der Waals surface area contributed by atoms with Crippen LogP contribution in [-0.2, 0) is 4.79 Å². The molecule has 1 atom stereocenters. The molecule has 4 nitrogen and oxygen atoms in total. The number of carbonyl (C=O) groups excluding carboxylic acids is 1. The molecule has 0 bridgehead atoms. The van der Waals surface area contributed by atoms with Crippen LogP contribution in [0.3, 0.4) is 0 Å². The van der Waals surface area contributed by atoms with Gasteiger partial charge in [0.15, 0.2) is 6.61 Å². The molecule has 0 spiro atoms. The van der Waals surface area contributed by atoms with Gasteiger partial charge >= 0.3 is 0 Å².